The third-order valence-corrected chi connectivity index (χ3v) is 1.38. The van der Waals surface area contributed by atoms with Crippen molar-refractivity contribution < 1.29 is 0 Å². The maximum absolute atomic E-state index is 10.2. The second-order valence-corrected chi connectivity index (χ2v) is 2.02. The van der Waals surface area contributed by atoms with Gasteiger partial charge in [0, 0.05) is 6.20 Å². The third-order valence-electron chi connectivity index (χ3n) is 1.38. The van der Waals surface area contributed by atoms with E-state index in [-0.39, 0.29) is 0 Å². The molecule has 2 heterocycles. The molecule has 0 aliphatic carbocycles. The van der Waals surface area contributed by atoms with Gasteiger partial charge in [0.05, 0.1) is 6.20 Å². The van der Waals surface area contributed by atoms with E-state index in [0.29, 0.717) is 11.2 Å². The lowest BCUT2D eigenvalue weighted by Crippen LogP contribution is -1.89. The average molecular weight is 148 g/mol. The SMILES string of the molecule is O=Nc1cnn2ncccc12. The Morgan fingerprint density at radius 2 is 2.36 bits per heavy atom. The van der Waals surface area contributed by atoms with Crippen LogP contribution in [0.15, 0.2) is 29.7 Å². The van der Waals surface area contributed by atoms with Crippen LogP contribution in [0.25, 0.3) is 5.52 Å². The standard InChI is InChI=1S/C6H4N4O/c11-9-5-4-8-10-6(5)2-1-3-7-10/h1-4H. The van der Waals surface area contributed by atoms with Gasteiger partial charge in [-0.1, -0.05) is 0 Å². The van der Waals surface area contributed by atoms with Gasteiger partial charge in [0.1, 0.15) is 5.52 Å². The van der Waals surface area contributed by atoms with Gasteiger partial charge >= 0.3 is 0 Å². The van der Waals surface area contributed by atoms with E-state index >= 15 is 0 Å². The van der Waals surface area contributed by atoms with Crippen LogP contribution in [0.5, 0.6) is 0 Å². The van der Waals surface area contributed by atoms with Crippen LogP contribution in [0.3, 0.4) is 0 Å². The molecule has 0 unspecified atom stereocenters. The van der Waals surface area contributed by atoms with Crippen LogP contribution in [0.2, 0.25) is 0 Å². The largest absolute Gasteiger partial charge is 0.159 e. The molecule has 0 aromatic carbocycles. The Morgan fingerprint density at radius 1 is 1.45 bits per heavy atom. The van der Waals surface area contributed by atoms with E-state index < -0.39 is 0 Å². The van der Waals surface area contributed by atoms with Gasteiger partial charge in [-0.3, -0.25) is 0 Å². The molecule has 2 aromatic rings. The van der Waals surface area contributed by atoms with Crippen LogP contribution in [0.4, 0.5) is 5.69 Å². The van der Waals surface area contributed by atoms with Crippen molar-refractivity contribution in [2.45, 2.75) is 0 Å². The number of hydrogen-bond acceptors (Lipinski definition) is 4. The Bertz CT molecular complexity index is 394. The topological polar surface area (TPSA) is 59.6 Å². The highest BCUT2D eigenvalue weighted by atomic mass is 16.3. The monoisotopic (exact) mass is 148 g/mol. The van der Waals surface area contributed by atoms with Crippen molar-refractivity contribution in [2.24, 2.45) is 5.18 Å². The van der Waals surface area contributed by atoms with Crippen LogP contribution < -0.4 is 0 Å². The highest BCUT2D eigenvalue weighted by molar-refractivity contribution is 5.66. The predicted molar refractivity (Wildman–Crippen MR) is 38.4 cm³/mol. The van der Waals surface area contributed by atoms with Gasteiger partial charge in [-0.15, -0.1) is 9.54 Å². The highest BCUT2D eigenvalue weighted by Crippen LogP contribution is 2.16. The van der Waals surface area contributed by atoms with Crippen molar-refractivity contribution >= 4 is 11.2 Å². The fraction of sp³-hybridized carbons (Fsp3) is 0. The molecule has 0 bridgehead atoms. The average Bonchev–Trinajstić information content (AvgIpc) is 2.47. The first-order valence-electron chi connectivity index (χ1n) is 3.04. The molecule has 5 nitrogen and oxygen atoms in total. The van der Waals surface area contributed by atoms with Gasteiger partial charge in [-0.2, -0.15) is 10.2 Å². The number of rotatable bonds is 1. The van der Waals surface area contributed by atoms with E-state index in [9.17, 15) is 4.91 Å². The van der Waals surface area contributed by atoms with E-state index in [1.54, 1.807) is 18.3 Å². The van der Waals surface area contributed by atoms with Crippen molar-refractivity contribution in [3.8, 4) is 0 Å². The summed E-state index contributed by atoms with van der Waals surface area (Å²) < 4.78 is 1.36. The molecule has 11 heavy (non-hydrogen) atoms. The van der Waals surface area contributed by atoms with Crippen LogP contribution >= 0.6 is 0 Å². The van der Waals surface area contributed by atoms with Gasteiger partial charge in [0.15, 0.2) is 5.69 Å². The van der Waals surface area contributed by atoms with E-state index in [4.69, 9.17) is 0 Å². The smallest absolute Gasteiger partial charge is 0.155 e. The first-order valence-corrected chi connectivity index (χ1v) is 3.04. The van der Waals surface area contributed by atoms with Gasteiger partial charge in [-0.05, 0) is 17.3 Å². The molecule has 0 atom stereocenters. The molecule has 0 radical (unpaired) electrons. The van der Waals surface area contributed by atoms with Gasteiger partial charge in [0.2, 0.25) is 0 Å². The summed E-state index contributed by atoms with van der Waals surface area (Å²) >= 11 is 0. The van der Waals surface area contributed by atoms with Crippen molar-refractivity contribution in [1.82, 2.24) is 14.8 Å². The first-order chi connectivity index (χ1) is 5.42. The lowest BCUT2D eigenvalue weighted by atomic mass is 10.4. The van der Waals surface area contributed by atoms with Crippen LogP contribution in [-0.4, -0.2) is 14.8 Å². The molecule has 0 saturated carbocycles. The summed E-state index contributed by atoms with van der Waals surface area (Å²) in [5.41, 5.74) is 0.945. The quantitative estimate of drug-likeness (QED) is 0.569. The van der Waals surface area contributed by atoms with Crippen molar-refractivity contribution in [2.75, 3.05) is 0 Å². The molecule has 0 N–H and O–H groups in total. The highest BCUT2D eigenvalue weighted by Gasteiger charge is 2.01. The molecule has 2 rings (SSSR count). The third kappa shape index (κ3) is 0.778. The zero-order chi connectivity index (χ0) is 7.68. The van der Waals surface area contributed by atoms with Gasteiger partial charge in [-0.25, -0.2) is 0 Å². The predicted octanol–water partition coefficient (Wildman–Crippen LogP) is 1.13. The molecule has 0 aliphatic heterocycles. The molecular formula is C6H4N4O. The fourth-order valence-corrected chi connectivity index (χ4v) is 0.890. The molecule has 0 amide bonds. The molecule has 5 heteroatoms. The Balaban J connectivity index is 2.86. The second-order valence-electron chi connectivity index (χ2n) is 2.02. The zero-order valence-corrected chi connectivity index (χ0v) is 5.51. The number of hydrogen-bond donors (Lipinski definition) is 0. The lowest BCUT2D eigenvalue weighted by molar-refractivity contribution is 0.800. The Morgan fingerprint density at radius 3 is 3.18 bits per heavy atom. The summed E-state index contributed by atoms with van der Waals surface area (Å²) in [5, 5.41) is 10.4. The molecule has 54 valence electrons. The van der Waals surface area contributed by atoms with Crippen LogP contribution in [0, 0.1) is 4.91 Å². The molecule has 0 saturated heterocycles. The normalized spacial score (nSPS) is 10.2. The van der Waals surface area contributed by atoms with E-state index in [0.717, 1.165) is 0 Å². The molecule has 0 aliphatic rings. The number of nitrogens with zero attached hydrogens (tertiary/aromatic N) is 4. The lowest BCUT2D eigenvalue weighted by Gasteiger charge is -1.86. The molecule has 0 spiro atoms. The van der Waals surface area contributed by atoms with Crippen LogP contribution in [0.1, 0.15) is 0 Å². The number of nitroso groups, excluding NO2 is 1. The van der Waals surface area contributed by atoms with E-state index in [2.05, 4.69) is 15.4 Å². The fourth-order valence-electron chi connectivity index (χ4n) is 0.890. The first kappa shape index (κ1) is 5.96. The minimum absolute atomic E-state index is 0.318. The number of aromatic nitrogens is 3. The van der Waals surface area contributed by atoms with E-state index in [1.807, 2.05) is 0 Å². The summed E-state index contributed by atoms with van der Waals surface area (Å²) in [4.78, 5) is 10.2. The van der Waals surface area contributed by atoms with E-state index in [1.165, 1.54) is 10.8 Å². The molecule has 0 fully saturated rings. The maximum Gasteiger partial charge on any atom is 0.155 e. The maximum atomic E-state index is 10.2. The summed E-state index contributed by atoms with van der Waals surface area (Å²) in [6, 6.07) is 3.46. The summed E-state index contributed by atoms with van der Waals surface area (Å²) in [7, 11) is 0. The minimum atomic E-state index is 0.318. The Labute approximate surface area is 61.6 Å². The van der Waals surface area contributed by atoms with Crippen molar-refractivity contribution in [1.29, 1.82) is 0 Å². The van der Waals surface area contributed by atoms with Crippen molar-refractivity contribution in [3.63, 3.8) is 0 Å². The summed E-state index contributed by atoms with van der Waals surface area (Å²) in [6.07, 6.45) is 2.98. The van der Waals surface area contributed by atoms with Gasteiger partial charge in [0.25, 0.3) is 0 Å². The minimum Gasteiger partial charge on any atom is -0.159 e. The molecular weight excluding hydrogens is 144 g/mol. The number of fused-ring (bicyclic) bond motifs is 1. The van der Waals surface area contributed by atoms with Gasteiger partial charge < -0.3 is 0 Å². The Hall–Kier alpha value is -1.78. The van der Waals surface area contributed by atoms with Crippen molar-refractivity contribution in [3.05, 3.63) is 29.4 Å². The summed E-state index contributed by atoms with van der Waals surface area (Å²) in [5.74, 6) is 0. The summed E-state index contributed by atoms with van der Waals surface area (Å²) in [6.45, 7) is 0. The Kier molecular flexibility index (Phi) is 1.15. The zero-order valence-electron chi connectivity index (χ0n) is 5.51. The van der Waals surface area contributed by atoms with Crippen LogP contribution in [-0.2, 0) is 0 Å². The molecule has 2 aromatic heterocycles. The second kappa shape index (κ2) is 2.12.